The number of rotatable bonds is 5. The molecule has 0 atom stereocenters. The van der Waals surface area contributed by atoms with Crippen molar-refractivity contribution >= 4 is 23.9 Å². The van der Waals surface area contributed by atoms with Gasteiger partial charge in [-0.2, -0.15) is 0 Å². The molecule has 1 radical (unpaired) electrons. The van der Waals surface area contributed by atoms with Gasteiger partial charge in [0.25, 0.3) is 8.32 Å². The molecule has 0 bridgehead atoms. The van der Waals surface area contributed by atoms with Crippen molar-refractivity contribution in [3.8, 4) is 0 Å². The Morgan fingerprint density at radius 2 is 0.909 bits per heavy atom. The molecule has 3 aromatic carbocycles. The second kappa shape index (κ2) is 6.73. The largest absolute Gasteiger partial charge is 0.404 e. The minimum atomic E-state index is -2.49. The molecule has 0 spiro atoms. The molecule has 3 rings (SSSR count). The molecule has 0 aromatic heterocycles. The van der Waals surface area contributed by atoms with Gasteiger partial charge < -0.3 is 4.43 Å². The molecule has 0 aliphatic rings. The normalized spacial score (nSPS) is 11.3. The van der Waals surface area contributed by atoms with Gasteiger partial charge in [0, 0.05) is 6.61 Å². The van der Waals surface area contributed by atoms with Crippen LogP contribution >= 0.6 is 0 Å². The molecule has 0 unspecified atom stereocenters. The lowest BCUT2D eigenvalue weighted by Gasteiger charge is -2.32. The Balaban J connectivity index is 2.29. The highest BCUT2D eigenvalue weighted by atomic mass is 28.4. The third kappa shape index (κ3) is 2.63. The topological polar surface area (TPSA) is 9.23 Å². The third-order valence-corrected chi connectivity index (χ3v) is 7.94. The molecule has 0 amide bonds. The molecule has 0 saturated carbocycles. The van der Waals surface area contributed by atoms with E-state index < -0.39 is 8.32 Å². The van der Waals surface area contributed by atoms with Gasteiger partial charge in [-0.15, -0.1) is 0 Å². The SMILES string of the molecule is [CH2]CO[Si](c1ccccc1)(c1ccccc1)c1ccccc1. The summed E-state index contributed by atoms with van der Waals surface area (Å²) >= 11 is 0. The van der Waals surface area contributed by atoms with Crippen molar-refractivity contribution in [3.05, 3.63) is 97.9 Å². The van der Waals surface area contributed by atoms with Crippen molar-refractivity contribution in [1.29, 1.82) is 0 Å². The maximum absolute atomic E-state index is 6.42. The van der Waals surface area contributed by atoms with Crippen molar-refractivity contribution in [3.63, 3.8) is 0 Å². The van der Waals surface area contributed by atoms with Crippen LogP contribution < -0.4 is 15.6 Å². The second-order valence-corrected chi connectivity index (χ2v) is 8.51. The van der Waals surface area contributed by atoms with Gasteiger partial charge in [-0.25, -0.2) is 0 Å². The standard InChI is InChI=1S/C20H19OSi/c1-2-21-22(18-12-6-3-7-13-18,19-14-8-4-9-15-19)20-16-10-5-11-17-20/h3-17H,1-2H2. The molecule has 2 heteroatoms. The summed E-state index contributed by atoms with van der Waals surface area (Å²) in [4.78, 5) is 0. The van der Waals surface area contributed by atoms with E-state index in [1.165, 1.54) is 15.6 Å². The molecular weight excluding hydrogens is 284 g/mol. The van der Waals surface area contributed by atoms with Crippen LogP contribution in [0.4, 0.5) is 0 Å². The van der Waals surface area contributed by atoms with Gasteiger partial charge in [-0.3, -0.25) is 0 Å². The van der Waals surface area contributed by atoms with E-state index in [1.54, 1.807) is 0 Å². The average molecular weight is 303 g/mol. The maximum atomic E-state index is 6.42. The Morgan fingerprint density at radius 3 is 1.18 bits per heavy atom. The second-order valence-electron chi connectivity index (χ2n) is 5.13. The minimum absolute atomic E-state index is 0.449. The summed E-state index contributed by atoms with van der Waals surface area (Å²) in [6.07, 6.45) is 0. The first kappa shape index (κ1) is 14.8. The summed E-state index contributed by atoms with van der Waals surface area (Å²) in [6, 6.07) is 31.6. The summed E-state index contributed by atoms with van der Waals surface area (Å²) in [5, 5.41) is 3.74. The van der Waals surface area contributed by atoms with Crippen LogP contribution in [0.3, 0.4) is 0 Å². The van der Waals surface area contributed by atoms with Crippen LogP contribution in [0.1, 0.15) is 0 Å². The van der Waals surface area contributed by atoms with E-state index in [1.807, 2.05) is 18.2 Å². The highest BCUT2D eigenvalue weighted by Gasteiger charge is 2.41. The van der Waals surface area contributed by atoms with E-state index in [-0.39, 0.29) is 0 Å². The Labute approximate surface area is 133 Å². The summed E-state index contributed by atoms with van der Waals surface area (Å²) in [7, 11) is -2.49. The fourth-order valence-corrected chi connectivity index (χ4v) is 6.71. The molecule has 109 valence electrons. The lowest BCUT2D eigenvalue weighted by molar-refractivity contribution is 0.369. The number of benzene rings is 3. The minimum Gasteiger partial charge on any atom is -0.404 e. The van der Waals surface area contributed by atoms with Crippen LogP contribution in [0.25, 0.3) is 0 Å². The van der Waals surface area contributed by atoms with E-state index in [2.05, 4.69) is 79.7 Å². The fraction of sp³-hybridized carbons (Fsp3) is 0.0500. The van der Waals surface area contributed by atoms with Crippen LogP contribution in [0.5, 0.6) is 0 Å². The molecule has 0 heterocycles. The van der Waals surface area contributed by atoms with Gasteiger partial charge in [0.1, 0.15) is 0 Å². The summed E-state index contributed by atoms with van der Waals surface area (Å²) in [5.74, 6) is 0. The quantitative estimate of drug-likeness (QED) is 0.520. The number of hydrogen-bond acceptors (Lipinski definition) is 1. The van der Waals surface area contributed by atoms with E-state index in [4.69, 9.17) is 4.43 Å². The number of hydrogen-bond donors (Lipinski definition) is 0. The van der Waals surface area contributed by atoms with Crippen LogP contribution in [0, 0.1) is 6.92 Å². The van der Waals surface area contributed by atoms with Crippen molar-refractivity contribution in [1.82, 2.24) is 0 Å². The average Bonchev–Trinajstić information content (AvgIpc) is 2.62. The van der Waals surface area contributed by atoms with Crippen LogP contribution in [0.2, 0.25) is 0 Å². The maximum Gasteiger partial charge on any atom is 0.288 e. The predicted octanol–water partition coefficient (Wildman–Crippen LogP) is 2.50. The first-order valence-electron chi connectivity index (χ1n) is 7.47. The fourth-order valence-electron chi connectivity index (χ4n) is 2.92. The molecule has 0 aliphatic heterocycles. The first-order valence-corrected chi connectivity index (χ1v) is 9.38. The monoisotopic (exact) mass is 303 g/mol. The van der Waals surface area contributed by atoms with E-state index >= 15 is 0 Å². The Bertz CT molecular complexity index is 599. The predicted molar refractivity (Wildman–Crippen MR) is 95.3 cm³/mol. The lowest BCUT2D eigenvalue weighted by atomic mass is 10.3. The first-order chi connectivity index (χ1) is 10.9. The lowest BCUT2D eigenvalue weighted by Crippen LogP contribution is -2.69. The zero-order valence-electron chi connectivity index (χ0n) is 12.5. The van der Waals surface area contributed by atoms with Gasteiger partial charge >= 0.3 is 0 Å². The van der Waals surface area contributed by atoms with Crippen molar-refractivity contribution in [2.45, 2.75) is 0 Å². The Kier molecular flexibility index (Phi) is 4.52. The zero-order valence-corrected chi connectivity index (χ0v) is 13.5. The van der Waals surface area contributed by atoms with Crippen LogP contribution in [0.15, 0.2) is 91.0 Å². The summed E-state index contributed by atoms with van der Waals surface area (Å²) in [6.45, 7) is 4.41. The van der Waals surface area contributed by atoms with Crippen LogP contribution in [-0.4, -0.2) is 14.9 Å². The highest BCUT2D eigenvalue weighted by Crippen LogP contribution is 2.09. The van der Waals surface area contributed by atoms with Gasteiger partial charge in [0.05, 0.1) is 0 Å². The highest BCUT2D eigenvalue weighted by molar-refractivity contribution is 7.07. The molecular formula is C20H19OSi. The third-order valence-electron chi connectivity index (χ3n) is 3.86. The molecule has 0 aliphatic carbocycles. The smallest absolute Gasteiger partial charge is 0.288 e. The van der Waals surface area contributed by atoms with Gasteiger partial charge in [-0.1, -0.05) is 91.0 Å². The zero-order chi connectivity index (χ0) is 15.3. The Morgan fingerprint density at radius 1 is 0.591 bits per heavy atom. The summed E-state index contributed by atoms with van der Waals surface area (Å²) < 4.78 is 6.42. The summed E-state index contributed by atoms with van der Waals surface area (Å²) in [5.41, 5.74) is 0. The Hall–Kier alpha value is -2.16. The molecule has 3 aromatic rings. The molecule has 0 saturated heterocycles. The molecule has 1 nitrogen and oxygen atoms in total. The van der Waals surface area contributed by atoms with Crippen molar-refractivity contribution in [2.75, 3.05) is 6.61 Å². The van der Waals surface area contributed by atoms with Gasteiger partial charge in [0.15, 0.2) is 0 Å². The van der Waals surface area contributed by atoms with E-state index in [0.29, 0.717) is 6.61 Å². The van der Waals surface area contributed by atoms with Crippen LogP contribution in [-0.2, 0) is 4.43 Å². The van der Waals surface area contributed by atoms with Crippen molar-refractivity contribution in [2.24, 2.45) is 0 Å². The van der Waals surface area contributed by atoms with Crippen molar-refractivity contribution < 1.29 is 4.43 Å². The van der Waals surface area contributed by atoms with Gasteiger partial charge in [-0.05, 0) is 22.5 Å². The van der Waals surface area contributed by atoms with E-state index in [9.17, 15) is 0 Å². The molecule has 22 heavy (non-hydrogen) atoms. The molecule has 0 fully saturated rings. The van der Waals surface area contributed by atoms with E-state index in [0.717, 1.165) is 0 Å². The van der Waals surface area contributed by atoms with Gasteiger partial charge in [0.2, 0.25) is 0 Å². The molecule has 0 N–H and O–H groups in total.